The second-order valence-corrected chi connectivity index (χ2v) is 5.33. The topological polar surface area (TPSA) is 61.8 Å². The summed E-state index contributed by atoms with van der Waals surface area (Å²) < 4.78 is 5.06. The summed E-state index contributed by atoms with van der Waals surface area (Å²) >= 11 is 0. The number of nitrogens with one attached hydrogen (secondary N) is 1. The van der Waals surface area contributed by atoms with E-state index in [0.29, 0.717) is 18.8 Å². The van der Waals surface area contributed by atoms with Crippen molar-refractivity contribution < 1.29 is 14.6 Å². The zero-order valence-electron chi connectivity index (χ0n) is 12.1. The van der Waals surface area contributed by atoms with Crippen LogP contribution in [0.5, 0.6) is 11.5 Å². The lowest BCUT2D eigenvalue weighted by atomic mass is 10.2. The van der Waals surface area contributed by atoms with Gasteiger partial charge in [-0.1, -0.05) is 6.07 Å². The van der Waals surface area contributed by atoms with E-state index in [1.165, 1.54) is 20.0 Å². The minimum absolute atomic E-state index is 0.0673. The highest BCUT2D eigenvalue weighted by Gasteiger charge is 2.21. The van der Waals surface area contributed by atoms with Crippen LogP contribution >= 0.6 is 0 Å². The molecule has 1 amide bonds. The summed E-state index contributed by atoms with van der Waals surface area (Å²) in [5.41, 5.74) is 0.928. The Labute approximate surface area is 119 Å². The Hall–Kier alpha value is -1.75. The fourth-order valence-corrected chi connectivity index (χ4v) is 2.02. The Bertz CT molecular complexity index is 472. The zero-order chi connectivity index (χ0) is 14.5. The summed E-state index contributed by atoms with van der Waals surface area (Å²) in [5.74, 6) is 1.37. The van der Waals surface area contributed by atoms with E-state index in [1.54, 1.807) is 30.1 Å². The van der Waals surface area contributed by atoms with Gasteiger partial charge in [-0.05, 0) is 43.0 Å². The Morgan fingerprint density at radius 3 is 2.90 bits per heavy atom. The first kappa shape index (κ1) is 14.7. The van der Waals surface area contributed by atoms with Gasteiger partial charge in [0.25, 0.3) is 0 Å². The normalized spacial score (nSPS) is 14.1. The number of hydrogen-bond donors (Lipinski definition) is 2. The monoisotopic (exact) mass is 278 g/mol. The molecule has 0 aromatic heterocycles. The maximum absolute atomic E-state index is 12.0. The van der Waals surface area contributed by atoms with E-state index in [1.807, 2.05) is 0 Å². The number of phenols is 1. The minimum Gasteiger partial charge on any atom is -0.504 e. The first-order valence-electron chi connectivity index (χ1n) is 6.90. The van der Waals surface area contributed by atoms with Crippen LogP contribution in [0.25, 0.3) is 0 Å². The maximum atomic E-state index is 12.0. The van der Waals surface area contributed by atoms with Crippen molar-refractivity contribution in [2.24, 2.45) is 5.92 Å². The molecule has 0 atom stereocenters. The molecule has 0 unspecified atom stereocenters. The third-order valence-electron chi connectivity index (χ3n) is 3.50. The summed E-state index contributed by atoms with van der Waals surface area (Å²) in [4.78, 5) is 13.6. The van der Waals surface area contributed by atoms with E-state index in [9.17, 15) is 9.90 Å². The Balaban J connectivity index is 1.82. The standard InChI is InChI=1S/C15H22N2O3/c1-17(15(19)9-16-8-11-3-4-11)10-12-5-6-13(18)14(7-12)20-2/h5-7,11,16,18H,3-4,8-10H2,1-2H3. The summed E-state index contributed by atoms with van der Waals surface area (Å²) in [6.45, 7) is 1.81. The molecular weight excluding hydrogens is 256 g/mol. The highest BCUT2D eigenvalue weighted by Crippen LogP contribution is 2.27. The molecule has 0 saturated heterocycles. The smallest absolute Gasteiger partial charge is 0.236 e. The number of benzene rings is 1. The summed E-state index contributed by atoms with van der Waals surface area (Å²) in [7, 11) is 3.29. The fourth-order valence-electron chi connectivity index (χ4n) is 2.02. The molecule has 110 valence electrons. The van der Waals surface area contributed by atoms with E-state index in [4.69, 9.17) is 4.74 Å². The SMILES string of the molecule is COc1cc(CN(C)C(=O)CNCC2CC2)ccc1O. The average Bonchev–Trinajstić information content (AvgIpc) is 3.24. The Morgan fingerprint density at radius 2 is 2.25 bits per heavy atom. The minimum atomic E-state index is 0.0673. The number of carbonyl (C=O) groups is 1. The molecule has 0 radical (unpaired) electrons. The lowest BCUT2D eigenvalue weighted by Gasteiger charge is -2.18. The largest absolute Gasteiger partial charge is 0.504 e. The number of amides is 1. The van der Waals surface area contributed by atoms with Gasteiger partial charge >= 0.3 is 0 Å². The molecular formula is C15H22N2O3. The van der Waals surface area contributed by atoms with Crippen molar-refractivity contribution in [2.45, 2.75) is 19.4 Å². The number of methoxy groups -OCH3 is 1. The molecule has 1 saturated carbocycles. The van der Waals surface area contributed by atoms with Gasteiger partial charge in [0, 0.05) is 13.6 Å². The fraction of sp³-hybridized carbons (Fsp3) is 0.533. The van der Waals surface area contributed by atoms with E-state index in [-0.39, 0.29) is 11.7 Å². The van der Waals surface area contributed by atoms with Crippen molar-refractivity contribution in [3.05, 3.63) is 23.8 Å². The van der Waals surface area contributed by atoms with Crippen LogP contribution in [0.2, 0.25) is 0 Å². The molecule has 20 heavy (non-hydrogen) atoms. The van der Waals surface area contributed by atoms with Gasteiger partial charge in [0.05, 0.1) is 13.7 Å². The molecule has 0 bridgehead atoms. The van der Waals surface area contributed by atoms with Crippen LogP contribution in [0.3, 0.4) is 0 Å². The molecule has 1 aliphatic rings. The highest BCUT2D eigenvalue weighted by molar-refractivity contribution is 5.78. The Kier molecular flexibility index (Phi) is 4.84. The molecule has 5 nitrogen and oxygen atoms in total. The molecule has 0 heterocycles. The van der Waals surface area contributed by atoms with E-state index in [0.717, 1.165) is 18.0 Å². The number of rotatable bonds is 7. The van der Waals surface area contributed by atoms with Gasteiger partial charge in [0.1, 0.15) is 0 Å². The molecule has 1 aromatic rings. The van der Waals surface area contributed by atoms with Crippen LogP contribution < -0.4 is 10.1 Å². The molecule has 2 N–H and O–H groups in total. The van der Waals surface area contributed by atoms with Crippen molar-refractivity contribution in [3.8, 4) is 11.5 Å². The number of likely N-dealkylation sites (N-methyl/N-ethyl adjacent to an activating group) is 1. The van der Waals surface area contributed by atoms with Crippen LogP contribution in [0.1, 0.15) is 18.4 Å². The number of nitrogens with zero attached hydrogens (tertiary/aromatic N) is 1. The van der Waals surface area contributed by atoms with Crippen LogP contribution in [-0.2, 0) is 11.3 Å². The summed E-state index contributed by atoms with van der Waals surface area (Å²) in [6.07, 6.45) is 2.56. The molecule has 1 aromatic carbocycles. The lowest BCUT2D eigenvalue weighted by molar-refractivity contribution is -0.129. The van der Waals surface area contributed by atoms with E-state index < -0.39 is 0 Å². The predicted octanol–water partition coefficient (Wildman–Crippen LogP) is 1.36. The molecule has 2 rings (SSSR count). The summed E-state index contributed by atoms with van der Waals surface area (Å²) in [5, 5.41) is 12.7. The molecule has 5 heteroatoms. The molecule has 0 aliphatic heterocycles. The van der Waals surface area contributed by atoms with E-state index >= 15 is 0 Å². The molecule has 1 fully saturated rings. The number of carbonyl (C=O) groups excluding carboxylic acids is 1. The highest BCUT2D eigenvalue weighted by atomic mass is 16.5. The van der Waals surface area contributed by atoms with Crippen molar-refractivity contribution in [1.82, 2.24) is 10.2 Å². The van der Waals surface area contributed by atoms with E-state index in [2.05, 4.69) is 5.32 Å². The lowest BCUT2D eigenvalue weighted by Crippen LogP contribution is -2.35. The second-order valence-electron chi connectivity index (χ2n) is 5.33. The maximum Gasteiger partial charge on any atom is 0.236 e. The number of aromatic hydroxyl groups is 1. The molecule has 0 spiro atoms. The van der Waals surface area contributed by atoms with Gasteiger partial charge in [0.15, 0.2) is 11.5 Å². The first-order valence-corrected chi connectivity index (χ1v) is 6.90. The second kappa shape index (κ2) is 6.61. The van der Waals surface area contributed by atoms with Gasteiger partial charge in [-0.15, -0.1) is 0 Å². The average molecular weight is 278 g/mol. The van der Waals surface area contributed by atoms with Crippen LogP contribution in [0, 0.1) is 5.92 Å². The number of hydrogen-bond acceptors (Lipinski definition) is 4. The van der Waals surface area contributed by atoms with Gasteiger partial charge < -0.3 is 20.1 Å². The summed E-state index contributed by atoms with van der Waals surface area (Å²) in [6, 6.07) is 5.12. The Morgan fingerprint density at radius 1 is 1.50 bits per heavy atom. The van der Waals surface area contributed by atoms with Crippen molar-refractivity contribution >= 4 is 5.91 Å². The van der Waals surface area contributed by atoms with Crippen molar-refractivity contribution in [1.29, 1.82) is 0 Å². The van der Waals surface area contributed by atoms with Gasteiger partial charge in [0.2, 0.25) is 5.91 Å². The van der Waals surface area contributed by atoms with Crippen LogP contribution in [0.4, 0.5) is 0 Å². The number of ether oxygens (including phenoxy) is 1. The third-order valence-corrected chi connectivity index (χ3v) is 3.50. The van der Waals surface area contributed by atoms with Crippen LogP contribution in [-0.4, -0.2) is 43.2 Å². The molecule has 1 aliphatic carbocycles. The van der Waals surface area contributed by atoms with Gasteiger partial charge in [-0.2, -0.15) is 0 Å². The predicted molar refractivity (Wildman–Crippen MR) is 76.7 cm³/mol. The van der Waals surface area contributed by atoms with Crippen LogP contribution in [0.15, 0.2) is 18.2 Å². The van der Waals surface area contributed by atoms with Crippen molar-refractivity contribution in [2.75, 3.05) is 27.2 Å². The van der Waals surface area contributed by atoms with Gasteiger partial charge in [-0.25, -0.2) is 0 Å². The third kappa shape index (κ3) is 4.13. The first-order chi connectivity index (χ1) is 9.60. The quantitative estimate of drug-likeness (QED) is 0.790. The number of phenolic OH excluding ortho intramolecular Hbond substituents is 1. The zero-order valence-corrected chi connectivity index (χ0v) is 12.1. The van der Waals surface area contributed by atoms with Crippen molar-refractivity contribution in [3.63, 3.8) is 0 Å². The van der Waals surface area contributed by atoms with Gasteiger partial charge in [-0.3, -0.25) is 4.79 Å².